The first-order valence-corrected chi connectivity index (χ1v) is 24.6. The van der Waals surface area contributed by atoms with E-state index >= 15 is 0 Å². The summed E-state index contributed by atoms with van der Waals surface area (Å²) in [5, 5.41) is 12.1. The molecule has 0 saturated carbocycles. The summed E-state index contributed by atoms with van der Waals surface area (Å²) in [4.78, 5) is 4.91. The number of benzene rings is 6. The van der Waals surface area contributed by atoms with E-state index in [4.69, 9.17) is 22.7 Å². The second-order valence-electron chi connectivity index (χ2n) is 21.1. The molecule has 0 atom stereocenters. The van der Waals surface area contributed by atoms with Crippen LogP contribution in [0.1, 0.15) is 95.7 Å². The number of halogens is 3. The van der Waals surface area contributed by atoms with Crippen LogP contribution in [0.4, 0.5) is 13.2 Å². The number of alkyl halides is 3. The smallest absolute Gasteiger partial charge is 0.485 e. The van der Waals surface area contributed by atoms with Gasteiger partial charge < -0.3 is 9.29 Å². The molecule has 0 spiro atoms. The number of nitrogens with zero attached hydrogens (tertiary/aromatic N) is 5. The van der Waals surface area contributed by atoms with Gasteiger partial charge in [-0.2, -0.15) is 27.6 Å². The Morgan fingerprint density at radius 3 is 1.82 bits per heavy atom. The number of aryl methyl sites for hydroxylation is 2. The first kappa shape index (κ1) is 50.1. The molecule has 0 aliphatic carbocycles. The van der Waals surface area contributed by atoms with E-state index in [1.807, 2.05) is 18.3 Å². The second-order valence-corrected chi connectivity index (χ2v) is 22.5. The average molecular weight is 976 g/mol. The maximum absolute atomic E-state index is 10.7. The van der Waals surface area contributed by atoms with Crippen LogP contribution in [0.5, 0.6) is 11.5 Å². The van der Waals surface area contributed by atoms with Gasteiger partial charge in [0.2, 0.25) is 0 Å². The maximum Gasteiger partial charge on any atom is 0.485 e. The van der Waals surface area contributed by atoms with Crippen molar-refractivity contribution in [3.8, 4) is 45.9 Å². The molecule has 0 saturated heterocycles. The normalized spacial score (nSPS) is 12.5. The van der Waals surface area contributed by atoms with Gasteiger partial charge in [0, 0.05) is 29.1 Å². The van der Waals surface area contributed by atoms with Crippen molar-refractivity contribution in [2.45, 2.75) is 97.9 Å². The maximum atomic E-state index is 10.7. The van der Waals surface area contributed by atoms with Gasteiger partial charge in [-0.3, -0.25) is 4.57 Å². The van der Waals surface area contributed by atoms with Gasteiger partial charge in [-0.1, -0.05) is 98.7 Å². The lowest BCUT2D eigenvalue weighted by atomic mass is 9.80. The van der Waals surface area contributed by atoms with E-state index in [-0.39, 0.29) is 16.2 Å². The third-order valence-electron chi connectivity index (χ3n) is 12.7. The van der Waals surface area contributed by atoms with Crippen LogP contribution in [0.2, 0.25) is 0 Å². The van der Waals surface area contributed by atoms with Crippen LogP contribution in [-0.2, 0) is 26.4 Å². The first-order valence-electron chi connectivity index (χ1n) is 23.2. The molecule has 3 aromatic heterocycles. The zero-order valence-electron chi connectivity index (χ0n) is 41.7. The molecule has 0 aliphatic rings. The van der Waals surface area contributed by atoms with Gasteiger partial charge in [-0.15, -0.1) is 0 Å². The number of para-hydroxylation sites is 3. The molecule has 0 N–H and O–H groups in total. The van der Waals surface area contributed by atoms with E-state index in [0.717, 1.165) is 78.0 Å². The van der Waals surface area contributed by atoms with Crippen LogP contribution < -0.4 is 9.30 Å². The summed E-state index contributed by atoms with van der Waals surface area (Å²) < 4.78 is 72.8. The zero-order chi connectivity index (χ0) is 51.6. The summed E-state index contributed by atoms with van der Waals surface area (Å²) in [6.07, 6.45) is 4.12. The molecule has 3 heterocycles. The number of nitriles is 1. The van der Waals surface area contributed by atoms with Crippen molar-refractivity contribution in [2.24, 2.45) is 0 Å². The van der Waals surface area contributed by atoms with Gasteiger partial charge in [0.05, 0.1) is 22.7 Å². The Labute approximate surface area is 413 Å². The van der Waals surface area contributed by atoms with Crippen molar-refractivity contribution in [1.82, 2.24) is 14.1 Å². The Hall–Kier alpha value is -7.27. The Morgan fingerprint density at radius 1 is 0.648 bits per heavy atom. The number of pyridine rings is 1. The summed E-state index contributed by atoms with van der Waals surface area (Å²) in [5.74, 6) is 2.29. The van der Waals surface area contributed by atoms with Crippen molar-refractivity contribution in [3.63, 3.8) is 0 Å². The Balaban J connectivity index is 0.000000779. The molecule has 9 rings (SSSR count). The molecule has 0 amide bonds. The van der Waals surface area contributed by atoms with Crippen molar-refractivity contribution in [1.29, 1.82) is 5.26 Å². The molecular formula is C58H56F3N5O4S. The van der Waals surface area contributed by atoms with Gasteiger partial charge in [-0.25, -0.2) is 13.4 Å². The number of hydrogen-bond donors (Lipinski definition) is 0. The fourth-order valence-electron chi connectivity index (χ4n) is 8.95. The van der Waals surface area contributed by atoms with E-state index < -0.39 is 15.6 Å². The van der Waals surface area contributed by atoms with E-state index in [1.54, 1.807) is 0 Å². The number of aromatic nitrogens is 4. The molecule has 0 unspecified atom stereocenters. The lowest BCUT2D eigenvalue weighted by molar-refractivity contribution is -0.567. The quantitative estimate of drug-likeness (QED) is 0.0930. The Bertz CT molecular complexity index is 3640. The minimum atomic E-state index is -6.09. The molecule has 0 bridgehead atoms. The summed E-state index contributed by atoms with van der Waals surface area (Å²) in [6.45, 7) is 24.6. The largest absolute Gasteiger partial charge is 0.741 e. The molecule has 13 heteroatoms. The Kier molecular flexibility index (Phi) is 12.8. The van der Waals surface area contributed by atoms with Crippen molar-refractivity contribution in [2.75, 3.05) is 0 Å². The number of ether oxygens (including phenoxy) is 1. The van der Waals surface area contributed by atoms with Crippen LogP contribution >= 0.6 is 0 Å². The van der Waals surface area contributed by atoms with Gasteiger partial charge in [-0.05, 0) is 148 Å². The molecule has 6 aromatic carbocycles. The summed E-state index contributed by atoms with van der Waals surface area (Å²) in [6, 6.07) is 47.6. The van der Waals surface area contributed by atoms with Crippen LogP contribution in [0.15, 0.2) is 140 Å². The highest BCUT2D eigenvalue weighted by Gasteiger charge is 2.37. The number of hydrogen-bond acceptors (Lipinski definition) is 6. The molecular weight excluding hydrogens is 920 g/mol. The van der Waals surface area contributed by atoms with E-state index in [2.05, 4.69) is 218 Å². The second kappa shape index (κ2) is 18.2. The third kappa shape index (κ3) is 10.2. The fraction of sp³-hybridized carbons (Fsp3) is 0.259. The SMILES string of the molecule is Cc1cc(C#N)cc(C)c1-c1cc(Oc2ccc3c4ccccc4n(-c4cc(C(C)(C)C)ccn4)c3c2)cc(-n2c[n+](-c3cc(C(C)(C)C)cc(C(C)(C)C)c3)c3ccccc32)c1.O=S(=O)([O-])C(F)(F)F. The lowest BCUT2D eigenvalue weighted by Crippen LogP contribution is -2.31. The number of rotatable bonds is 6. The third-order valence-corrected chi connectivity index (χ3v) is 13.3. The highest BCUT2D eigenvalue weighted by molar-refractivity contribution is 7.86. The van der Waals surface area contributed by atoms with Crippen molar-refractivity contribution in [3.05, 3.63) is 173 Å². The predicted molar refractivity (Wildman–Crippen MR) is 275 cm³/mol. The van der Waals surface area contributed by atoms with E-state index in [1.165, 1.54) is 16.7 Å². The highest BCUT2D eigenvalue weighted by atomic mass is 32.2. The highest BCUT2D eigenvalue weighted by Crippen LogP contribution is 2.39. The minimum absolute atomic E-state index is 0.0311. The standard InChI is InChI=1S/C57H56N5O.CHF3O3S/c1-36-24-38(34-58)25-37(2)54(36)39-26-43(60-35-61(51-19-15-14-18-50(51)60)44-29-41(56(6,7)8)28-42(30-44)57(9,10)11)32-46(27-39)63-45-20-21-48-47-16-12-13-17-49(47)62(52(48)33-45)53-31-40(22-23-59-53)55(3,4)5;2-1(3,4)8(5,6)7/h12-33,35H,1-11H3;(H,5,6,7)/q+1;/p-1. The van der Waals surface area contributed by atoms with Crippen LogP contribution in [-0.4, -0.2) is 32.6 Å². The van der Waals surface area contributed by atoms with Crippen LogP contribution in [0.25, 0.3) is 61.2 Å². The van der Waals surface area contributed by atoms with E-state index in [0.29, 0.717) is 11.3 Å². The molecule has 0 fully saturated rings. The van der Waals surface area contributed by atoms with Crippen LogP contribution in [0.3, 0.4) is 0 Å². The summed E-state index contributed by atoms with van der Waals surface area (Å²) >= 11 is 0. The van der Waals surface area contributed by atoms with Gasteiger partial charge >= 0.3 is 5.51 Å². The topological polar surface area (TPSA) is 117 Å². The number of fused-ring (bicyclic) bond motifs is 4. The van der Waals surface area contributed by atoms with Crippen molar-refractivity contribution >= 4 is 43.0 Å². The van der Waals surface area contributed by atoms with Crippen LogP contribution in [0, 0.1) is 25.2 Å². The Morgan fingerprint density at radius 2 is 1.23 bits per heavy atom. The lowest BCUT2D eigenvalue weighted by Gasteiger charge is -2.25. The molecule has 364 valence electrons. The molecule has 0 aliphatic heterocycles. The molecule has 0 radical (unpaired) electrons. The number of imidazole rings is 1. The van der Waals surface area contributed by atoms with Gasteiger partial charge in [0.1, 0.15) is 28.7 Å². The monoisotopic (exact) mass is 975 g/mol. The minimum Gasteiger partial charge on any atom is -0.741 e. The van der Waals surface area contributed by atoms with Gasteiger partial charge in [0.25, 0.3) is 6.33 Å². The predicted octanol–water partition coefficient (Wildman–Crippen LogP) is 14.3. The zero-order valence-corrected chi connectivity index (χ0v) is 42.5. The molecule has 9 aromatic rings. The summed E-state index contributed by atoms with van der Waals surface area (Å²) in [5.41, 5.74) is 9.26. The summed E-state index contributed by atoms with van der Waals surface area (Å²) in [7, 11) is -6.09. The molecule has 9 nitrogen and oxygen atoms in total. The molecule has 71 heavy (non-hydrogen) atoms. The average Bonchev–Trinajstić information content (AvgIpc) is 3.83. The van der Waals surface area contributed by atoms with Gasteiger partial charge in [0.15, 0.2) is 21.2 Å². The fourth-order valence-corrected chi connectivity index (χ4v) is 8.95. The van der Waals surface area contributed by atoms with E-state index in [9.17, 15) is 18.4 Å². The first-order chi connectivity index (χ1) is 33.1. The van der Waals surface area contributed by atoms with Crippen molar-refractivity contribution < 1.29 is 35.4 Å².